The zero-order valence-corrected chi connectivity index (χ0v) is 11.5. The van der Waals surface area contributed by atoms with Gasteiger partial charge < -0.3 is 15.0 Å². The lowest BCUT2D eigenvalue weighted by atomic mass is 10.0. The van der Waals surface area contributed by atoms with E-state index in [-0.39, 0.29) is 12.0 Å². The minimum Gasteiger partial charge on any atom is -0.465 e. The second-order valence-electron chi connectivity index (χ2n) is 5.10. The molecule has 1 saturated heterocycles. The van der Waals surface area contributed by atoms with Crippen molar-refractivity contribution in [1.82, 2.24) is 10.2 Å². The van der Waals surface area contributed by atoms with Gasteiger partial charge in [0, 0.05) is 19.6 Å². The highest BCUT2D eigenvalue weighted by molar-refractivity contribution is 5.75. The standard InChI is InChI=1S/C13H26N2O2/c1-5-17-13(16)12(14-4)6-7-15-8-10(2)11(3)9-15/h10-12,14H,5-9H2,1-4H3. The molecule has 1 fully saturated rings. The molecule has 1 heterocycles. The van der Waals surface area contributed by atoms with Crippen LogP contribution in [0.15, 0.2) is 0 Å². The van der Waals surface area contributed by atoms with Gasteiger partial charge in [0.2, 0.25) is 0 Å². The second kappa shape index (κ2) is 6.97. The molecule has 1 rings (SSSR count). The lowest BCUT2D eigenvalue weighted by Crippen LogP contribution is -2.38. The van der Waals surface area contributed by atoms with Crippen LogP contribution in [0.25, 0.3) is 0 Å². The van der Waals surface area contributed by atoms with Gasteiger partial charge in [-0.2, -0.15) is 0 Å². The number of nitrogens with one attached hydrogen (secondary N) is 1. The molecular weight excluding hydrogens is 216 g/mol. The molecule has 0 aromatic heterocycles. The molecule has 4 nitrogen and oxygen atoms in total. The Bertz CT molecular complexity index is 236. The Labute approximate surface area is 105 Å². The number of hydrogen-bond donors (Lipinski definition) is 1. The Morgan fingerprint density at radius 2 is 2.00 bits per heavy atom. The number of likely N-dealkylation sites (tertiary alicyclic amines) is 1. The lowest BCUT2D eigenvalue weighted by Gasteiger charge is -2.19. The van der Waals surface area contributed by atoms with Crippen molar-refractivity contribution < 1.29 is 9.53 Å². The van der Waals surface area contributed by atoms with Crippen LogP contribution >= 0.6 is 0 Å². The first kappa shape index (κ1) is 14.5. The zero-order chi connectivity index (χ0) is 12.8. The molecule has 0 bridgehead atoms. The summed E-state index contributed by atoms with van der Waals surface area (Å²) in [7, 11) is 1.82. The zero-order valence-electron chi connectivity index (χ0n) is 11.5. The van der Waals surface area contributed by atoms with E-state index in [1.165, 1.54) is 0 Å². The number of ether oxygens (including phenoxy) is 1. The average Bonchev–Trinajstić information content (AvgIpc) is 2.59. The third kappa shape index (κ3) is 4.28. The second-order valence-corrected chi connectivity index (χ2v) is 5.10. The van der Waals surface area contributed by atoms with Crippen molar-refractivity contribution in [2.75, 3.05) is 33.3 Å². The van der Waals surface area contributed by atoms with Crippen molar-refractivity contribution in [1.29, 1.82) is 0 Å². The number of nitrogens with zero attached hydrogens (tertiary/aromatic N) is 1. The Hall–Kier alpha value is -0.610. The van der Waals surface area contributed by atoms with Crippen LogP contribution in [0.4, 0.5) is 0 Å². The number of rotatable bonds is 6. The molecule has 0 spiro atoms. The maximum Gasteiger partial charge on any atom is 0.323 e. The largest absolute Gasteiger partial charge is 0.465 e. The van der Waals surface area contributed by atoms with Crippen molar-refractivity contribution in [3.8, 4) is 0 Å². The van der Waals surface area contributed by atoms with E-state index in [0.717, 1.165) is 37.9 Å². The van der Waals surface area contributed by atoms with Gasteiger partial charge in [0.15, 0.2) is 0 Å². The molecule has 4 heteroatoms. The highest BCUT2D eigenvalue weighted by Crippen LogP contribution is 2.22. The van der Waals surface area contributed by atoms with E-state index < -0.39 is 0 Å². The van der Waals surface area contributed by atoms with E-state index >= 15 is 0 Å². The fraction of sp³-hybridized carbons (Fsp3) is 0.923. The summed E-state index contributed by atoms with van der Waals surface area (Å²) in [5.41, 5.74) is 0. The molecule has 1 aliphatic rings. The summed E-state index contributed by atoms with van der Waals surface area (Å²) in [6.07, 6.45) is 0.828. The fourth-order valence-corrected chi connectivity index (χ4v) is 2.37. The van der Waals surface area contributed by atoms with Gasteiger partial charge in [0.05, 0.1) is 6.61 Å². The molecule has 1 N–H and O–H groups in total. The van der Waals surface area contributed by atoms with Gasteiger partial charge in [-0.25, -0.2) is 0 Å². The predicted molar refractivity (Wildman–Crippen MR) is 68.9 cm³/mol. The predicted octanol–water partition coefficient (Wildman–Crippen LogP) is 1.12. The monoisotopic (exact) mass is 242 g/mol. The highest BCUT2D eigenvalue weighted by atomic mass is 16.5. The Kier molecular flexibility index (Phi) is 5.92. The molecule has 100 valence electrons. The molecule has 0 aliphatic carbocycles. The van der Waals surface area contributed by atoms with Gasteiger partial charge in [-0.15, -0.1) is 0 Å². The first-order chi connectivity index (χ1) is 8.08. The minimum absolute atomic E-state index is 0.129. The van der Waals surface area contributed by atoms with Crippen LogP contribution in [0, 0.1) is 11.8 Å². The van der Waals surface area contributed by atoms with Crippen LogP contribution in [0.3, 0.4) is 0 Å². The quantitative estimate of drug-likeness (QED) is 0.709. The number of carbonyl (C=O) groups excluding carboxylic acids is 1. The van der Waals surface area contributed by atoms with Crippen LogP contribution in [-0.2, 0) is 9.53 Å². The topological polar surface area (TPSA) is 41.6 Å². The van der Waals surface area contributed by atoms with E-state index in [0.29, 0.717) is 6.61 Å². The van der Waals surface area contributed by atoms with Gasteiger partial charge in [-0.1, -0.05) is 13.8 Å². The maximum atomic E-state index is 11.6. The average molecular weight is 242 g/mol. The van der Waals surface area contributed by atoms with Crippen molar-refractivity contribution in [3.63, 3.8) is 0 Å². The van der Waals surface area contributed by atoms with Crippen LogP contribution in [-0.4, -0.2) is 50.2 Å². The minimum atomic E-state index is -0.166. The molecule has 0 aromatic carbocycles. The van der Waals surface area contributed by atoms with Crippen LogP contribution in [0.2, 0.25) is 0 Å². The molecule has 0 radical (unpaired) electrons. The van der Waals surface area contributed by atoms with Crippen LogP contribution in [0.5, 0.6) is 0 Å². The summed E-state index contributed by atoms with van der Waals surface area (Å²) in [4.78, 5) is 14.0. The Balaban J connectivity index is 2.31. The van der Waals surface area contributed by atoms with Crippen molar-refractivity contribution in [3.05, 3.63) is 0 Å². The van der Waals surface area contributed by atoms with Gasteiger partial charge in [-0.05, 0) is 32.2 Å². The Morgan fingerprint density at radius 1 is 1.41 bits per heavy atom. The number of hydrogen-bond acceptors (Lipinski definition) is 4. The summed E-state index contributed by atoms with van der Waals surface area (Å²) in [6, 6.07) is -0.166. The first-order valence-electron chi connectivity index (χ1n) is 6.64. The van der Waals surface area contributed by atoms with Gasteiger partial charge >= 0.3 is 5.97 Å². The SMILES string of the molecule is CCOC(=O)C(CCN1CC(C)C(C)C1)NC. The summed E-state index contributed by atoms with van der Waals surface area (Å²) in [6.45, 7) is 10.2. The number of likely N-dealkylation sites (N-methyl/N-ethyl adjacent to an activating group) is 1. The van der Waals surface area contributed by atoms with E-state index in [1.54, 1.807) is 0 Å². The normalized spacial score (nSPS) is 27.1. The lowest BCUT2D eigenvalue weighted by molar-refractivity contribution is -0.145. The Morgan fingerprint density at radius 3 is 2.47 bits per heavy atom. The molecule has 1 aliphatic heterocycles. The van der Waals surface area contributed by atoms with E-state index in [1.807, 2.05) is 14.0 Å². The molecule has 0 saturated carbocycles. The van der Waals surface area contributed by atoms with Crippen LogP contribution < -0.4 is 5.32 Å². The number of carbonyl (C=O) groups is 1. The molecule has 0 amide bonds. The molecule has 0 aromatic rings. The molecule has 17 heavy (non-hydrogen) atoms. The van der Waals surface area contributed by atoms with Crippen molar-refractivity contribution in [2.45, 2.75) is 33.2 Å². The van der Waals surface area contributed by atoms with Gasteiger partial charge in [-0.3, -0.25) is 4.79 Å². The van der Waals surface area contributed by atoms with Crippen molar-refractivity contribution in [2.24, 2.45) is 11.8 Å². The summed E-state index contributed by atoms with van der Waals surface area (Å²) in [5.74, 6) is 1.41. The highest BCUT2D eigenvalue weighted by Gasteiger charge is 2.27. The fourth-order valence-electron chi connectivity index (χ4n) is 2.37. The molecule has 3 atom stereocenters. The van der Waals surface area contributed by atoms with E-state index in [4.69, 9.17) is 4.74 Å². The van der Waals surface area contributed by atoms with Crippen LogP contribution in [0.1, 0.15) is 27.2 Å². The molecule has 3 unspecified atom stereocenters. The first-order valence-corrected chi connectivity index (χ1v) is 6.64. The smallest absolute Gasteiger partial charge is 0.323 e. The van der Waals surface area contributed by atoms with Crippen molar-refractivity contribution >= 4 is 5.97 Å². The van der Waals surface area contributed by atoms with Gasteiger partial charge in [0.1, 0.15) is 6.04 Å². The van der Waals surface area contributed by atoms with E-state index in [2.05, 4.69) is 24.1 Å². The third-order valence-corrected chi connectivity index (χ3v) is 3.72. The third-order valence-electron chi connectivity index (χ3n) is 3.72. The summed E-state index contributed by atoms with van der Waals surface area (Å²) in [5, 5.41) is 3.03. The summed E-state index contributed by atoms with van der Waals surface area (Å²) < 4.78 is 5.03. The molecular formula is C13H26N2O2. The maximum absolute atomic E-state index is 11.6. The van der Waals surface area contributed by atoms with Gasteiger partial charge in [0.25, 0.3) is 0 Å². The number of esters is 1. The summed E-state index contributed by atoms with van der Waals surface area (Å²) >= 11 is 0. The van der Waals surface area contributed by atoms with E-state index in [9.17, 15) is 4.79 Å².